The van der Waals surface area contributed by atoms with Crippen molar-refractivity contribution in [1.82, 2.24) is 0 Å². The van der Waals surface area contributed by atoms with Gasteiger partial charge in [-0.15, -0.1) is 0 Å². The molecule has 2 rings (SSSR count). The van der Waals surface area contributed by atoms with E-state index in [4.69, 9.17) is 23.2 Å². The minimum Gasteiger partial charge on any atom is -0.379 e. The van der Waals surface area contributed by atoms with Crippen molar-refractivity contribution in [2.24, 2.45) is 0 Å². The molecule has 1 nitrogen and oxygen atoms in total. The standard InChI is InChI=1S/C13H8Br3Cl2N/c14-8-4-9(15)13(10(16)5-8)19-6-7-2-1-3-11(17)12(7)18/h1-5,19H,6H2. The highest BCUT2D eigenvalue weighted by Crippen LogP contribution is 2.35. The van der Waals surface area contributed by atoms with Gasteiger partial charge in [-0.2, -0.15) is 0 Å². The lowest BCUT2D eigenvalue weighted by atomic mass is 10.2. The molecule has 0 saturated carbocycles. The van der Waals surface area contributed by atoms with Crippen LogP contribution in [0.5, 0.6) is 0 Å². The van der Waals surface area contributed by atoms with Crippen molar-refractivity contribution >= 4 is 76.7 Å². The summed E-state index contributed by atoms with van der Waals surface area (Å²) in [5, 5.41) is 4.48. The van der Waals surface area contributed by atoms with Crippen molar-refractivity contribution in [3.05, 3.63) is 59.4 Å². The molecule has 0 spiro atoms. The Labute approximate surface area is 147 Å². The molecule has 0 unspecified atom stereocenters. The van der Waals surface area contributed by atoms with Gasteiger partial charge in [0.15, 0.2) is 0 Å². The maximum absolute atomic E-state index is 6.16. The van der Waals surface area contributed by atoms with Crippen LogP contribution in [0.1, 0.15) is 5.56 Å². The Hall–Kier alpha value is 0.260. The van der Waals surface area contributed by atoms with Gasteiger partial charge in [-0.25, -0.2) is 0 Å². The predicted octanol–water partition coefficient (Wildman–Crippen LogP) is 6.89. The van der Waals surface area contributed by atoms with E-state index < -0.39 is 0 Å². The number of halogens is 5. The normalized spacial score (nSPS) is 10.6. The zero-order chi connectivity index (χ0) is 14.0. The summed E-state index contributed by atoms with van der Waals surface area (Å²) in [6.07, 6.45) is 0. The van der Waals surface area contributed by atoms with Crippen LogP contribution in [-0.2, 0) is 6.54 Å². The van der Waals surface area contributed by atoms with E-state index in [1.165, 1.54) is 0 Å². The molecule has 2 aromatic rings. The molecular weight excluding hydrogens is 481 g/mol. The van der Waals surface area contributed by atoms with Gasteiger partial charge < -0.3 is 5.32 Å². The third kappa shape index (κ3) is 3.88. The minimum atomic E-state index is 0.565. The van der Waals surface area contributed by atoms with E-state index in [1.807, 2.05) is 24.3 Å². The van der Waals surface area contributed by atoms with Crippen molar-refractivity contribution < 1.29 is 0 Å². The predicted molar refractivity (Wildman–Crippen MR) is 93.3 cm³/mol. The van der Waals surface area contributed by atoms with E-state index in [9.17, 15) is 0 Å². The van der Waals surface area contributed by atoms with Gasteiger partial charge in [-0.1, -0.05) is 51.3 Å². The van der Waals surface area contributed by atoms with Crippen molar-refractivity contribution in [3.63, 3.8) is 0 Å². The molecule has 0 aromatic heterocycles. The SMILES string of the molecule is Clc1cccc(CNc2c(Br)cc(Br)cc2Br)c1Cl. The molecular formula is C13H8Br3Cl2N. The number of benzene rings is 2. The Bertz CT molecular complexity index is 594. The van der Waals surface area contributed by atoms with E-state index in [-0.39, 0.29) is 0 Å². The van der Waals surface area contributed by atoms with Crippen LogP contribution in [0.4, 0.5) is 5.69 Å². The van der Waals surface area contributed by atoms with Gasteiger partial charge in [-0.05, 0) is 55.6 Å². The van der Waals surface area contributed by atoms with Crippen LogP contribution in [0, 0.1) is 0 Å². The number of hydrogen-bond acceptors (Lipinski definition) is 1. The van der Waals surface area contributed by atoms with E-state index in [0.717, 1.165) is 24.7 Å². The maximum atomic E-state index is 6.16. The summed E-state index contributed by atoms with van der Waals surface area (Å²) in [6.45, 7) is 0.595. The van der Waals surface area contributed by atoms with Crippen LogP contribution >= 0.6 is 71.0 Å². The van der Waals surface area contributed by atoms with E-state index in [1.54, 1.807) is 6.07 Å². The Morgan fingerprint density at radius 3 is 2.26 bits per heavy atom. The lowest BCUT2D eigenvalue weighted by Gasteiger charge is -2.12. The van der Waals surface area contributed by atoms with Crippen LogP contribution < -0.4 is 5.32 Å². The monoisotopic (exact) mass is 485 g/mol. The summed E-state index contributed by atoms with van der Waals surface area (Å²) in [5.41, 5.74) is 1.93. The molecule has 0 aliphatic rings. The highest BCUT2D eigenvalue weighted by Gasteiger charge is 2.08. The fraction of sp³-hybridized carbons (Fsp3) is 0.0769. The van der Waals surface area contributed by atoms with Crippen LogP contribution in [0.2, 0.25) is 10.0 Å². The third-order valence-electron chi connectivity index (χ3n) is 2.49. The molecule has 0 aliphatic heterocycles. The average molecular weight is 489 g/mol. The summed E-state index contributed by atoms with van der Waals surface area (Å²) in [5.74, 6) is 0. The molecule has 0 atom stereocenters. The first kappa shape index (κ1) is 15.6. The van der Waals surface area contributed by atoms with Crippen LogP contribution in [0.15, 0.2) is 43.7 Å². The molecule has 0 heterocycles. The second kappa shape index (κ2) is 6.81. The van der Waals surface area contributed by atoms with Crippen molar-refractivity contribution in [1.29, 1.82) is 0 Å². The maximum Gasteiger partial charge on any atom is 0.0642 e. The lowest BCUT2D eigenvalue weighted by molar-refractivity contribution is 1.14. The molecule has 0 fully saturated rings. The van der Waals surface area contributed by atoms with Crippen molar-refractivity contribution in [2.75, 3.05) is 5.32 Å². The number of anilines is 1. The quantitative estimate of drug-likeness (QED) is 0.496. The third-order valence-corrected chi connectivity index (χ3v) is 5.06. The number of hydrogen-bond donors (Lipinski definition) is 1. The van der Waals surface area contributed by atoms with E-state index in [2.05, 4.69) is 53.1 Å². The highest BCUT2D eigenvalue weighted by atomic mass is 79.9. The first-order valence-corrected chi connectivity index (χ1v) is 8.44. The van der Waals surface area contributed by atoms with Crippen LogP contribution in [0.25, 0.3) is 0 Å². The molecule has 0 bridgehead atoms. The second-order valence-corrected chi connectivity index (χ2v) is 7.22. The fourth-order valence-electron chi connectivity index (χ4n) is 1.58. The summed E-state index contributed by atoms with van der Waals surface area (Å²) in [6, 6.07) is 9.57. The lowest BCUT2D eigenvalue weighted by Crippen LogP contribution is -2.01. The van der Waals surface area contributed by atoms with E-state index in [0.29, 0.717) is 16.6 Å². The Balaban J connectivity index is 2.22. The number of rotatable bonds is 3. The molecule has 0 aliphatic carbocycles. The molecule has 100 valence electrons. The van der Waals surface area contributed by atoms with Crippen LogP contribution in [-0.4, -0.2) is 0 Å². The molecule has 0 saturated heterocycles. The second-order valence-electron chi connectivity index (χ2n) is 3.81. The minimum absolute atomic E-state index is 0.565. The molecule has 1 N–H and O–H groups in total. The first-order valence-electron chi connectivity index (χ1n) is 5.30. The van der Waals surface area contributed by atoms with Gasteiger partial charge in [0, 0.05) is 20.0 Å². The number of nitrogens with one attached hydrogen (secondary N) is 1. The molecule has 2 aromatic carbocycles. The summed E-state index contributed by atoms with van der Waals surface area (Å²) in [4.78, 5) is 0. The summed E-state index contributed by atoms with van der Waals surface area (Å²) in [7, 11) is 0. The molecule has 19 heavy (non-hydrogen) atoms. The smallest absolute Gasteiger partial charge is 0.0642 e. The summed E-state index contributed by atoms with van der Waals surface area (Å²) >= 11 is 22.6. The van der Waals surface area contributed by atoms with Gasteiger partial charge >= 0.3 is 0 Å². The van der Waals surface area contributed by atoms with Crippen LogP contribution in [0.3, 0.4) is 0 Å². The largest absolute Gasteiger partial charge is 0.379 e. The topological polar surface area (TPSA) is 12.0 Å². The fourth-order valence-corrected chi connectivity index (χ4v) is 4.51. The highest BCUT2D eigenvalue weighted by molar-refractivity contribution is 9.11. The molecule has 0 amide bonds. The zero-order valence-corrected chi connectivity index (χ0v) is 15.8. The molecule has 6 heteroatoms. The summed E-state index contributed by atoms with van der Waals surface area (Å²) < 4.78 is 2.93. The van der Waals surface area contributed by atoms with Crippen molar-refractivity contribution in [2.45, 2.75) is 6.54 Å². The van der Waals surface area contributed by atoms with Gasteiger partial charge in [0.2, 0.25) is 0 Å². The average Bonchev–Trinajstić information content (AvgIpc) is 2.33. The first-order chi connectivity index (χ1) is 8.99. The Morgan fingerprint density at radius 1 is 1.00 bits per heavy atom. The van der Waals surface area contributed by atoms with Crippen molar-refractivity contribution in [3.8, 4) is 0 Å². The van der Waals surface area contributed by atoms with Gasteiger partial charge in [0.1, 0.15) is 0 Å². The molecule has 0 radical (unpaired) electrons. The van der Waals surface area contributed by atoms with Gasteiger partial charge in [0.25, 0.3) is 0 Å². The Kier molecular flexibility index (Phi) is 5.61. The van der Waals surface area contributed by atoms with Gasteiger partial charge in [0.05, 0.1) is 15.7 Å². The Morgan fingerprint density at radius 2 is 1.63 bits per heavy atom. The zero-order valence-electron chi connectivity index (χ0n) is 9.48. The van der Waals surface area contributed by atoms with Gasteiger partial charge in [-0.3, -0.25) is 0 Å². The van der Waals surface area contributed by atoms with E-state index >= 15 is 0 Å².